The number of rotatable bonds is 4. The average Bonchev–Trinajstić information content (AvgIpc) is 3.22. The van der Waals surface area contributed by atoms with Crippen LogP contribution in [0, 0.1) is 11.7 Å². The fourth-order valence-corrected chi connectivity index (χ4v) is 3.05. The number of nitrogens with one attached hydrogen (secondary N) is 2. The Bertz CT molecular complexity index is 905. The largest absolute Gasteiger partial charge is 0.395 e. The third-order valence-electron chi connectivity index (χ3n) is 3.92. The minimum atomic E-state index is -1.05. The zero-order valence-corrected chi connectivity index (χ0v) is 15.4. The first-order valence-electron chi connectivity index (χ1n) is 7.52. The van der Waals surface area contributed by atoms with Crippen molar-refractivity contribution in [1.29, 1.82) is 0 Å². The molecule has 0 saturated heterocycles. The molecule has 0 radical (unpaired) electrons. The second kappa shape index (κ2) is 6.95. The summed E-state index contributed by atoms with van der Waals surface area (Å²) in [5.41, 5.74) is 5.98. The van der Waals surface area contributed by atoms with Crippen molar-refractivity contribution in [3.8, 4) is 0 Å². The summed E-state index contributed by atoms with van der Waals surface area (Å²) in [5, 5.41) is 5.29. The molecule has 26 heavy (non-hydrogen) atoms. The number of alkyl halides is 2. The number of nitrogens with two attached hydrogens (primary N) is 1. The molecule has 3 rings (SSSR count). The molecule has 1 aliphatic carbocycles. The highest BCUT2D eigenvalue weighted by molar-refractivity contribution is 6.52. The van der Waals surface area contributed by atoms with E-state index in [-0.39, 0.29) is 27.9 Å². The van der Waals surface area contributed by atoms with Crippen molar-refractivity contribution in [2.24, 2.45) is 5.92 Å². The van der Waals surface area contributed by atoms with Gasteiger partial charge < -0.3 is 16.4 Å². The minimum absolute atomic E-state index is 0.0898. The predicted molar refractivity (Wildman–Crippen MR) is 101 cm³/mol. The van der Waals surface area contributed by atoms with Crippen LogP contribution in [0.5, 0.6) is 0 Å². The van der Waals surface area contributed by atoms with Gasteiger partial charge in [0.2, 0.25) is 5.91 Å². The summed E-state index contributed by atoms with van der Waals surface area (Å²) < 4.78 is 12.4. The quantitative estimate of drug-likeness (QED) is 0.509. The Morgan fingerprint density at radius 1 is 1.19 bits per heavy atom. The Balaban J connectivity index is 1.78. The van der Waals surface area contributed by atoms with E-state index < -0.39 is 22.0 Å². The molecule has 2 aromatic carbocycles. The summed E-state index contributed by atoms with van der Waals surface area (Å²) in [6, 6.07) is 8.46. The van der Waals surface area contributed by atoms with Crippen LogP contribution in [0.15, 0.2) is 36.4 Å². The number of para-hydroxylation sites is 1. The molecule has 0 heterocycles. The molecule has 4 N–H and O–H groups in total. The lowest BCUT2D eigenvalue weighted by Gasteiger charge is -2.11. The number of nitrogen functional groups attached to an aromatic ring is 1. The van der Waals surface area contributed by atoms with Crippen LogP contribution in [-0.2, 0) is 4.79 Å². The molecule has 1 fully saturated rings. The van der Waals surface area contributed by atoms with Crippen LogP contribution in [0.2, 0.25) is 5.02 Å². The zero-order chi connectivity index (χ0) is 19.1. The highest BCUT2D eigenvalue weighted by Crippen LogP contribution is 2.53. The first kappa shape index (κ1) is 18.8. The number of anilines is 3. The van der Waals surface area contributed by atoms with E-state index in [1.807, 2.05) is 0 Å². The van der Waals surface area contributed by atoms with Gasteiger partial charge >= 0.3 is 0 Å². The van der Waals surface area contributed by atoms with Gasteiger partial charge in [-0.2, -0.15) is 0 Å². The molecule has 1 aliphatic rings. The van der Waals surface area contributed by atoms with Crippen LogP contribution in [-0.4, -0.2) is 16.1 Å². The summed E-state index contributed by atoms with van der Waals surface area (Å²) in [6.45, 7) is 0. The Labute approximate surface area is 163 Å². The van der Waals surface area contributed by atoms with Gasteiger partial charge in [-0.3, -0.25) is 9.59 Å². The molecule has 0 aromatic heterocycles. The van der Waals surface area contributed by atoms with E-state index in [2.05, 4.69) is 10.6 Å². The van der Waals surface area contributed by atoms with Gasteiger partial charge in [-0.25, -0.2) is 4.39 Å². The second-order valence-electron chi connectivity index (χ2n) is 5.86. The molecular formula is C17H13Cl3FN3O2. The highest BCUT2D eigenvalue weighted by atomic mass is 35.5. The second-order valence-corrected chi connectivity index (χ2v) is 7.81. The number of hydrogen-bond donors (Lipinski definition) is 3. The third kappa shape index (κ3) is 3.87. The van der Waals surface area contributed by atoms with Crippen molar-refractivity contribution >= 4 is 63.7 Å². The Morgan fingerprint density at radius 2 is 1.88 bits per heavy atom. The number of benzene rings is 2. The van der Waals surface area contributed by atoms with Crippen molar-refractivity contribution in [2.45, 2.75) is 10.8 Å². The van der Waals surface area contributed by atoms with Gasteiger partial charge in [0, 0.05) is 5.69 Å². The van der Waals surface area contributed by atoms with E-state index >= 15 is 0 Å². The van der Waals surface area contributed by atoms with Crippen molar-refractivity contribution < 1.29 is 14.0 Å². The van der Waals surface area contributed by atoms with Crippen molar-refractivity contribution in [2.75, 3.05) is 16.4 Å². The van der Waals surface area contributed by atoms with Crippen LogP contribution < -0.4 is 16.4 Å². The standard InChI is InChI=1S/C17H13Cl3FN3O2/c18-11-5-4-8(23-16(26)10-7-17(10,19)20)6-9(11)15(25)24-13-3-1-2-12(21)14(13)22/h1-6,10H,7,22H2,(H,23,26)(H,24,25)/t10-/m1/s1. The molecular weight excluding hydrogens is 404 g/mol. The molecule has 0 spiro atoms. The molecule has 1 saturated carbocycles. The minimum Gasteiger partial charge on any atom is -0.395 e. The lowest BCUT2D eigenvalue weighted by atomic mass is 10.1. The number of amides is 2. The zero-order valence-electron chi connectivity index (χ0n) is 13.2. The van der Waals surface area contributed by atoms with E-state index in [0.717, 1.165) is 0 Å². The Kier molecular flexibility index (Phi) is 5.01. The smallest absolute Gasteiger partial charge is 0.257 e. The molecule has 9 heteroatoms. The molecule has 2 amide bonds. The average molecular weight is 417 g/mol. The van der Waals surface area contributed by atoms with Gasteiger partial charge in [-0.1, -0.05) is 17.7 Å². The van der Waals surface area contributed by atoms with Crippen molar-refractivity contribution in [3.63, 3.8) is 0 Å². The van der Waals surface area contributed by atoms with Crippen LogP contribution in [0.25, 0.3) is 0 Å². The fraction of sp³-hybridized carbons (Fsp3) is 0.176. The van der Waals surface area contributed by atoms with Crippen molar-refractivity contribution in [3.05, 3.63) is 52.8 Å². The maximum absolute atomic E-state index is 13.5. The summed E-state index contributed by atoms with van der Waals surface area (Å²) in [5.74, 6) is -2.10. The van der Waals surface area contributed by atoms with Crippen molar-refractivity contribution in [1.82, 2.24) is 0 Å². The molecule has 2 aromatic rings. The SMILES string of the molecule is Nc1c(F)cccc1NC(=O)c1cc(NC(=O)[C@H]2CC2(Cl)Cl)ccc1Cl. The monoisotopic (exact) mass is 415 g/mol. The third-order valence-corrected chi connectivity index (χ3v) is 5.09. The lowest BCUT2D eigenvalue weighted by molar-refractivity contribution is -0.117. The van der Waals surface area contributed by atoms with Crippen LogP contribution in [0.4, 0.5) is 21.5 Å². The molecule has 0 bridgehead atoms. The van der Waals surface area contributed by atoms with E-state index in [1.165, 1.54) is 30.3 Å². The Hall–Kier alpha value is -2.02. The van der Waals surface area contributed by atoms with E-state index in [0.29, 0.717) is 12.1 Å². The summed E-state index contributed by atoms with van der Waals surface area (Å²) in [6.07, 6.45) is 0.363. The summed E-state index contributed by atoms with van der Waals surface area (Å²) >= 11 is 17.8. The topological polar surface area (TPSA) is 84.2 Å². The molecule has 0 aliphatic heterocycles. The number of hydrogen-bond acceptors (Lipinski definition) is 3. The maximum atomic E-state index is 13.5. The van der Waals surface area contributed by atoms with Crippen LogP contribution in [0.1, 0.15) is 16.8 Å². The first-order chi connectivity index (χ1) is 12.2. The van der Waals surface area contributed by atoms with Gasteiger partial charge in [0.05, 0.1) is 27.9 Å². The van der Waals surface area contributed by atoms with Crippen LogP contribution >= 0.6 is 34.8 Å². The Morgan fingerprint density at radius 3 is 2.54 bits per heavy atom. The number of carbonyl (C=O) groups excluding carboxylic acids is 2. The van der Waals surface area contributed by atoms with E-state index in [1.54, 1.807) is 6.07 Å². The summed E-state index contributed by atoms with van der Waals surface area (Å²) in [7, 11) is 0. The number of carbonyl (C=O) groups is 2. The predicted octanol–water partition coefficient (Wildman–Crippen LogP) is 4.45. The molecule has 1 atom stereocenters. The van der Waals surface area contributed by atoms with Gasteiger partial charge in [-0.05, 0) is 36.8 Å². The van der Waals surface area contributed by atoms with Gasteiger partial charge in [0.25, 0.3) is 5.91 Å². The molecule has 0 unspecified atom stereocenters. The van der Waals surface area contributed by atoms with Gasteiger partial charge in [-0.15, -0.1) is 23.2 Å². The van der Waals surface area contributed by atoms with Gasteiger partial charge in [0.15, 0.2) is 0 Å². The fourth-order valence-electron chi connectivity index (χ4n) is 2.34. The highest BCUT2D eigenvalue weighted by Gasteiger charge is 2.56. The van der Waals surface area contributed by atoms with E-state index in [4.69, 9.17) is 40.5 Å². The van der Waals surface area contributed by atoms with E-state index in [9.17, 15) is 14.0 Å². The normalized spacial score (nSPS) is 17.5. The molecule has 5 nitrogen and oxygen atoms in total. The van der Waals surface area contributed by atoms with Gasteiger partial charge in [0.1, 0.15) is 10.2 Å². The molecule has 136 valence electrons. The van der Waals surface area contributed by atoms with Crippen LogP contribution in [0.3, 0.4) is 0 Å². The number of halogens is 4. The summed E-state index contributed by atoms with van der Waals surface area (Å²) in [4.78, 5) is 24.5. The maximum Gasteiger partial charge on any atom is 0.257 e. The first-order valence-corrected chi connectivity index (χ1v) is 8.66. The lowest BCUT2D eigenvalue weighted by Crippen LogP contribution is -2.18.